The summed E-state index contributed by atoms with van der Waals surface area (Å²) in [6.45, 7) is 0. The molecule has 2 N–H and O–H groups in total. The van der Waals surface area contributed by atoms with Gasteiger partial charge in [-0.05, 0) is 18.2 Å². The van der Waals surface area contributed by atoms with E-state index in [0.717, 1.165) is 5.69 Å². The first-order chi connectivity index (χ1) is 13.0. The Labute approximate surface area is 160 Å². The van der Waals surface area contributed by atoms with Gasteiger partial charge in [0.15, 0.2) is 0 Å². The highest BCUT2D eigenvalue weighted by Crippen LogP contribution is 2.28. The zero-order valence-corrected chi connectivity index (χ0v) is 14.8. The predicted molar refractivity (Wildman–Crippen MR) is 106 cm³/mol. The van der Waals surface area contributed by atoms with Gasteiger partial charge < -0.3 is 5.73 Å². The summed E-state index contributed by atoms with van der Waals surface area (Å²) in [6.07, 6.45) is 3.25. The molecule has 0 fully saturated rings. The van der Waals surface area contributed by atoms with E-state index >= 15 is 0 Å². The van der Waals surface area contributed by atoms with Gasteiger partial charge in [-0.15, -0.1) is 0 Å². The summed E-state index contributed by atoms with van der Waals surface area (Å²) in [5.41, 5.74) is 8.07. The second kappa shape index (κ2) is 7.59. The van der Waals surface area contributed by atoms with Gasteiger partial charge in [0, 0.05) is 29.5 Å². The van der Waals surface area contributed by atoms with Crippen LogP contribution in [0.25, 0.3) is 23.0 Å². The van der Waals surface area contributed by atoms with Crippen molar-refractivity contribution in [3.05, 3.63) is 82.0 Å². The molecular weight excluding hydrogens is 362 g/mol. The summed E-state index contributed by atoms with van der Waals surface area (Å²) < 4.78 is 1.63. The number of nitrogens with two attached hydrogens (primary N) is 1. The number of non-ortho nitro benzene ring substituents is 1. The highest BCUT2D eigenvalue weighted by atomic mass is 32.1. The molecule has 7 nitrogen and oxygen atoms in total. The third kappa shape index (κ3) is 3.89. The van der Waals surface area contributed by atoms with Crippen molar-refractivity contribution in [1.82, 2.24) is 9.78 Å². The van der Waals surface area contributed by atoms with E-state index in [-0.39, 0.29) is 16.2 Å². The fourth-order valence-corrected chi connectivity index (χ4v) is 2.62. The van der Waals surface area contributed by atoms with Crippen molar-refractivity contribution in [2.24, 2.45) is 5.73 Å². The largest absolute Gasteiger partial charge is 0.389 e. The lowest BCUT2D eigenvalue weighted by Crippen LogP contribution is -2.09. The molecule has 0 unspecified atom stereocenters. The Balaban J connectivity index is 2.21. The molecule has 8 heteroatoms. The smallest absolute Gasteiger partial charge is 0.270 e. The van der Waals surface area contributed by atoms with Crippen LogP contribution in [0.3, 0.4) is 0 Å². The molecule has 0 saturated heterocycles. The number of rotatable bonds is 5. The Kier molecular flexibility index (Phi) is 5.06. The predicted octanol–water partition coefficient (Wildman–Crippen LogP) is 3.64. The quantitative estimate of drug-likeness (QED) is 0.240. The molecule has 3 rings (SSSR count). The third-order valence-electron chi connectivity index (χ3n) is 3.78. The molecule has 1 heterocycles. The van der Waals surface area contributed by atoms with E-state index in [1.807, 2.05) is 36.4 Å². The molecule has 0 bridgehead atoms. The maximum Gasteiger partial charge on any atom is 0.270 e. The third-order valence-corrected chi connectivity index (χ3v) is 4.00. The van der Waals surface area contributed by atoms with Gasteiger partial charge in [-0.3, -0.25) is 10.1 Å². The molecule has 0 aliphatic rings. The fourth-order valence-electron chi connectivity index (χ4n) is 2.51. The lowest BCUT2D eigenvalue weighted by Gasteiger charge is -2.01. The van der Waals surface area contributed by atoms with Gasteiger partial charge in [-0.2, -0.15) is 10.4 Å². The minimum absolute atomic E-state index is 0.0325. The minimum Gasteiger partial charge on any atom is -0.389 e. The first-order valence-corrected chi connectivity index (χ1v) is 8.22. The average Bonchev–Trinajstić information content (AvgIpc) is 3.10. The number of nitriles is 1. The normalized spacial score (nSPS) is 11.0. The summed E-state index contributed by atoms with van der Waals surface area (Å²) >= 11 is 4.90. The van der Waals surface area contributed by atoms with Crippen molar-refractivity contribution in [1.29, 1.82) is 5.26 Å². The number of benzene rings is 2. The number of nitro benzene ring substituents is 1. The van der Waals surface area contributed by atoms with Crippen LogP contribution in [0.5, 0.6) is 0 Å². The van der Waals surface area contributed by atoms with Gasteiger partial charge in [0.2, 0.25) is 0 Å². The van der Waals surface area contributed by atoms with Crippen LogP contribution in [0.4, 0.5) is 5.69 Å². The number of aromatic nitrogens is 2. The summed E-state index contributed by atoms with van der Waals surface area (Å²) in [6, 6.07) is 17.5. The van der Waals surface area contributed by atoms with E-state index in [0.29, 0.717) is 16.8 Å². The molecule has 0 aliphatic heterocycles. The van der Waals surface area contributed by atoms with Crippen LogP contribution in [-0.4, -0.2) is 19.7 Å². The van der Waals surface area contributed by atoms with Crippen molar-refractivity contribution < 1.29 is 4.92 Å². The van der Waals surface area contributed by atoms with E-state index in [1.165, 1.54) is 18.2 Å². The van der Waals surface area contributed by atoms with Crippen LogP contribution in [-0.2, 0) is 0 Å². The fraction of sp³-hybridized carbons (Fsp3) is 0. The number of para-hydroxylation sites is 1. The van der Waals surface area contributed by atoms with Gasteiger partial charge in [0.1, 0.15) is 16.8 Å². The molecular formula is C19H13N5O2S. The van der Waals surface area contributed by atoms with Gasteiger partial charge in [0.25, 0.3) is 5.69 Å². The SMILES string of the molecule is N#CC(=Cc1cn(-c2ccccc2)nc1-c1cccc([N+](=O)[O-])c1)C(N)=S. The Hall–Kier alpha value is -3.83. The van der Waals surface area contributed by atoms with Crippen LogP contribution >= 0.6 is 12.2 Å². The van der Waals surface area contributed by atoms with Crippen molar-refractivity contribution in [2.45, 2.75) is 0 Å². The number of thiocarbonyl (C=S) groups is 1. The highest BCUT2D eigenvalue weighted by molar-refractivity contribution is 7.80. The first-order valence-electron chi connectivity index (χ1n) is 7.81. The van der Waals surface area contributed by atoms with Gasteiger partial charge in [-0.1, -0.05) is 42.5 Å². The molecule has 2 aromatic carbocycles. The average molecular weight is 375 g/mol. The van der Waals surface area contributed by atoms with E-state index in [4.69, 9.17) is 18.0 Å². The molecule has 3 aromatic rings. The molecule has 0 aliphatic carbocycles. The van der Waals surface area contributed by atoms with E-state index in [2.05, 4.69) is 5.10 Å². The maximum absolute atomic E-state index is 11.1. The summed E-state index contributed by atoms with van der Waals surface area (Å²) in [7, 11) is 0. The zero-order valence-electron chi connectivity index (χ0n) is 13.9. The number of hydrogen-bond acceptors (Lipinski definition) is 5. The summed E-state index contributed by atoms with van der Waals surface area (Å²) in [5.74, 6) is 0. The highest BCUT2D eigenvalue weighted by Gasteiger charge is 2.15. The molecule has 27 heavy (non-hydrogen) atoms. The number of nitrogens with zero attached hydrogens (tertiary/aromatic N) is 4. The van der Waals surface area contributed by atoms with Crippen molar-refractivity contribution in [3.8, 4) is 23.0 Å². The van der Waals surface area contributed by atoms with Crippen LogP contribution in [0, 0.1) is 21.4 Å². The Morgan fingerprint density at radius 3 is 2.63 bits per heavy atom. The molecule has 132 valence electrons. The Morgan fingerprint density at radius 1 is 1.26 bits per heavy atom. The topological polar surface area (TPSA) is 111 Å². The molecule has 0 spiro atoms. The number of nitro groups is 1. The van der Waals surface area contributed by atoms with Crippen LogP contribution < -0.4 is 5.73 Å². The van der Waals surface area contributed by atoms with Crippen molar-refractivity contribution in [2.75, 3.05) is 0 Å². The van der Waals surface area contributed by atoms with Gasteiger partial charge >= 0.3 is 0 Å². The maximum atomic E-state index is 11.1. The lowest BCUT2D eigenvalue weighted by molar-refractivity contribution is -0.384. The summed E-state index contributed by atoms with van der Waals surface area (Å²) in [4.78, 5) is 10.6. The van der Waals surface area contributed by atoms with E-state index < -0.39 is 4.92 Å². The zero-order chi connectivity index (χ0) is 19.4. The molecule has 0 atom stereocenters. The van der Waals surface area contributed by atoms with Gasteiger partial charge in [-0.25, -0.2) is 4.68 Å². The molecule has 0 amide bonds. The first kappa shape index (κ1) is 18.0. The van der Waals surface area contributed by atoms with Gasteiger partial charge in [0.05, 0.1) is 16.2 Å². The Bertz CT molecular complexity index is 1100. The Morgan fingerprint density at radius 2 is 2.00 bits per heavy atom. The van der Waals surface area contributed by atoms with E-state index in [1.54, 1.807) is 23.0 Å². The van der Waals surface area contributed by atoms with E-state index in [9.17, 15) is 15.4 Å². The van der Waals surface area contributed by atoms with Crippen LogP contribution in [0.1, 0.15) is 5.56 Å². The second-order valence-electron chi connectivity index (χ2n) is 5.55. The number of hydrogen-bond donors (Lipinski definition) is 1. The monoisotopic (exact) mass is 375 g/mol. The molecule has 0 saturated carbocycles. The minimum atomic E-state index is -0.469. The lowest BCUT2D eigenvalue weighted by atomic mass is 10.1. The molecule has 1 aromatic heterocycles. The summed E-state index contributed by atoms with van der Waals surface area (Å²) in [5, 5.41) is 24.9. The second-order valence-corrected chi connectivity index (χ2v) is 5.99. The molecule has 0 radical (unpaired) electrons. The van der Waals surface area contributed by atoms with Crippen molar-refractivity contribution >= 4 is 29.0 Å². The van der Waals surface area contributed by atoms with Crippen molar-refractivity contribution in [3.63, 3.8) is 0 Å². The standard InChI is InChI=1S/C19H13N5O2S/c20-11-14(19(21)27)9-15-12-23(16-6-2-1-3-7-16)22-18(15)13-5-4-8-17(10-13)24(25)26/h1-10,12H,(H2,21,27). The van der Waals surface area contributed by atoms with Crippen LogP contribution in [0.15, 0.2) is 66.4 Å². The van der Waals surface area contributed by atoms with Crippen LogP contribution in [0.2, 0.25) is 0 Å².